The summed E-state index contributed by atoms with van der Waals surface area (Å²) in [6.45, 7) is 0. The van der Waals surface area contributed by atoms with Crippen molar-refractivity contribution >= 4 is 17.1 Å². The minimum Gasteiger partial charge on any atom is -0.369 e. The zero-order valence-electron chi connectivity index (χ0n) is 5.76. The number of H-pyrrole nitrogens is 2. The van der Waals surface area contributed by atoms with Crippen LogP contribution < -0.4 is 11.3 Å². The minimum absolute atomic E-state index is 0. The molecule has 0 amide bonds. The Bertz CT molecular complexity index is 446. The molecule has 6 nitrogen and oxygen atoms in total. The number of hydrogen-bond donors (Lipinski definition) is 3. The molecule has 2 rings (SSSR count). The molecular weight excluding hydrogens is 254 g/mol. The molecule has 0 unspecified atom stereocenters. The van der Waals surface area contributed by atoms with Crippen molar-refractivity contribution in [2.45, 2.75) is 0 Å². The predicted octanol–water partition coefficient (Wildman–Crippen LogP) is -0.774. The smallest absolute Gasteiger partial charge is 0.278 e. The van der Waals surface area contributed by atoms with E-state index in [0.717, 1.165) is 0 Å². The van der Waals surface area contributed by atoms with Crippen LogP contribution in [0.15, 0.2) is 11.1 Å². The molecule has 0 spiro atoms. The zero-order valence-corrected chi connectivity index (χ0v) is 7.24. The normalized spacial score (nSPS) is 9.67. The Labute approximate surface area is 82.1 Å². The third-order valence-electron chi connectivity index (χ3n) is 1.31. The number of hydrogen-bond acceptors (Lipinski definition) is 4. The molecule has 7 heteroatoms. The summed E-state index contributed by atoms with van der Waals surface area (Å²) in [5.41, 5.74) is 5.65. The topological polar surface area (TPSA) is 100 Å². The van der Waals surface area contributed by atoms with E-state index in [-0.39, 0.29) is 33.9 Å². The van der Waals surface area contributed by atoms with Gasteiger partial charge in [-0.3, -0.25) is 9.78 Å². The van der Waals surface area contributed by atoms with Crippen LogP contribution in [0.2, 0.25) is 0 Å². The van der Waals surface area contributed by atoms with Crippen LogP contribution in [-0.2, 0) is 22.4 Å². The van der Waals surface area contributed by atoms with Crippen LogP contribution in [-0.4, -0.2) is 19.9 Å². The molecule has 0 aromatic carbocycles. The number of nitrogens with two attached hydrogens (primary N) is 1. The summed E-state index contributed by atoms with van der Waals surface area (Å²) in [7, 11) is 0. The van der Waals surface area contributed by atoms with E-state index in [1.807, 2.05) is 0 Å². The molecule has 0 atom stereocenters. The summed E-state index contributed by atoms with van der Waals surface area (Å²) in [4.78, 5) is 23.5. The van der Waals surface area contributed by atoms with Crippen LogP contribution in [0.1, 0.15) is 0 Å². The van der Waals surface area contributed by atoms with Crippen molar-refractivity contribution in [3.8, 4) is 0 Å². The summed E-state index contributed by atoms with van der Waals surface area (Å²) in [6.07, 6.45) is 1.40. The number of fused-ring (bicyclic) bond motifs is 1. The number of rotatable bonds is 0. The molecule has 0 fully saturated rings. The van der Waals surface area contributed by atoms with Gasteiger partial charge in [0.15, 0.2) is 11.2 Å². The fourth-order valence-corrected chi connectivity index (χ4v) is 0.860. The maximum Gasteiger partial charge on any atom is 0.278 e. The van der Waals surface area contributed by atoms with Crippen LogP contribution in [0.5, 0.6) is 0 Å². The van der Waals surface area contributed by atoms with Crippen molar-refractivity contribution in [3.05, 3.63) is 16.7 Å². The first kappa shape index (κ1) is 8.98. The van der Waals surface area contributed by atoms with Crippen molar-refractivity contribution in [1.82, 2.24) is 19.9 Å². The van der Waals surface area contributed by atoms with Crippen LogP contribution >= 0.6 is 0 Å². The minimum atomic E-state index is -0.301. The number of nitrogens with zero attached hydrogens (tertiary/aromatic N) is 2. The third-order valence-corrected chi connectivity index (χ3v) is 1.31. The molecule has 0 aliphatic rings. The summed E-state index contributed by atoms with van der Waals surface area (Å²) in [6, 6.07) is 0. The van der Waals surface area contributed by atoms with Crippen molar-refractivity contribution in [2.75, 3.05) is 5.73 Å². The molecular formula is C5H5AgN5O. The van der Waals surface area contributed by atoms with E-state index in [1.165, 1.54) is 6.33 Å². The molecule has 0 aliphatic carbocycles. The molecule has 0 saturated carbocycles. The molecule has 0 aliphatic heterocycles. The van der Waals surface area contributed by atoms with E-state index in [0.29, 0.717) is 11.2 Å². The maximum atomic E-state index is 11.0. The Morgan fingerprint density at radius 1 is 1.50 bits per heavy atom. The Kier molecular flexibility index (Phi) is 2.32. The quantitative estimate of drug-likeness (QED) is 0.540. The molecule has 1 radical (unpaired) electrons. The second kappa shape index (κ2) is 3.10. The van der Waals surface area contributed by atoms with Gasteiger partial charge in [0.1, 0.15) is 0 Å². The zero-order chi connectivity index (χ0) is 7.84. The number of nitrogens with one attached hydrogen (secondary N) is 2. The number of anilines is 1. The van der Waals surface area contributed by atoms with Gasteiger partial charge in [-0.2, -0.15) is 4.98 Å². The van der Waals surface area contributed by atoms with E-state index < -0.39 is 0 Å². The van der Waals surface area contributed by atoms with Crippen molar-refractivity contribution in [2.24, 2.45) is 0 Å². The number of imidazole rings is 1. The molecule has 0 saturated heterocycles. The largest absolute Gasteiger partial charge is 0.369 e. The maximum absolute atomic E-state index is 11.0. The third kappa shape index (κ3) is 1.27. The molecule has 67 valence electrons. The Hall–Kier alpha value is -1.11. The van der Waals surface area contributed by atoms with Crippen LogP contribution in [0.25, 0.3) is 11.2 Å². The fourth-order valence-electron chi connectivity index (χ4n) is 0.860. The van der Waals surface area contributed by atoms with Gasteiger partial charge in [-0.15, -0.1) is 0 Å². The van der Waals surface area contributed by atoms with Crippen molar-refractivity contribution in [3.63, 3.8) is 0 Å². The average Bonchev–Trinajstić information content (AvgIpc) is 2.34. The van der Waals surface area contributed by atoms with Crippen LogP contribution in [0.3, 0.4) is 0 Å². The standard InChI is InChI=1S/C5H5N5O.Ag/c6-5-9-3-2(4(11)10-5)7-1-8-3;/h1H,(H4,6,7,8,9,10,11);. The molecule has 4 N–H and O–H groups in total. The van der Waals surface area contributed by atoms with Gasteiger partial charge >= 0.3 is 0 Å². The fraction of sp³-hybridized carbons (Fsp3) is 0. The average molecular weight is 259 g/mol. The van der Waals surface area contributed by atoms with E-state index in [2.05, 4.69) is 19.9 Å². The van der Waals surface area contributed by atoms with E-state index >= 15 is 0 Å². The second-order valence-corrected chi connectivity index (χ2v) is 2.05. The second-order valence-electron chi connectivity index (χ2n) is 2.05. The first-order valence-electron chi connectivity index (χ1n) is 2.96. The Balaban J connectivity index is 0.000000720. The summed E-state index contributed by atoms with van der Waals surface area (Å²) < 4.78 is 0. The van der Waals surface area contributed by atoms with E-state index in [4.69, 9.17) is 5.73 Å². The summed E-state index contributed by atoms with van der Waals surface area (Å²) in [5, 5.41) is 0. The van der Waals surface area contributed by atoms with Crippen molar-refractivity contribution in [1.29, 1.82) is 0 Å². The Morgan fingerprint density at radius 3 is 3.00 bits per heavy atom. The number of aromatic nitrogens is 4. The summed E-state index contributed by atoms with van der Waals surface area (Å²) >= 11 is 0. The van der Waals surface area contributed by atoms with Gasteiger partial charge in [-0.1, -0.05) is 0 Å². The molecule has 12 heavy (non-hydrogen) atoms. The van der Waals surface area contributed by atoms with Crippen LogP contribution in [0, 0.1) is 0 Å². The van der Waals surface area contributed by atoms with Gasteiger partial charge in [-0.05, 0) is 0 Å². The van der Waals surface area contributed by atoms with Crippen molar-refractivity contribution < 1.29 is 22.4 Å². The monoisotopic (exact) mass is 258 g/mol. The van der Waals surface area contributed by atoms with Gasteiger partial charge in [0, 0.05) is 22.4 Å². The first-order valence-corrected chi connectivity index (χ1v) is 2.96. The van der Waals surface area contributed by atoms with Gasteiger partial charge in [-0.25, -0.2) is 4.98 Å². The van der Waals surface area contributed by atoms with E-state index in [1.54, 1.807) is 0 Å². The SMILES string of the molecule is Nc1nc2nc[nH]c2c(=O)[nH]1.[Ag]. The number of aromatic amines is 2. The summed E-state index contributed by atoms with van der Waals surface area (Å²) in [5.74, 6) is 0.0783. The molecule has 2 heterocycles. The van der Waals surface area contributed by atoms with Gasteiger partial charge < -0.3 is 10.7 Å². The van der Waals surface area contributed by atoms with Gasteiger partial charge in [0.25, 0.3) is 5.56 Å². The molecule has 0 bridgehead atoms. The molecule has 2 aromatic heterocycles. The van der Waals surface area contributed by atoms with Gasteiger partial charge in [0.05, 0.1) is 6.33 Å². The van der Waals surface area contributed by atoms with Crippen LogP contribution in [0.4, 0.5) is 5.95 Å². The molecule has 2 aromatic rings. The Morgan fingerprint density at radius 2 is 2.25 bits per heavy atom. The predicted molar refractivity (Wildman–Crippen MR) is 38.9 cm³/mol. The van der Waals surface area contributed by atoms with Gasteiger partial charge in [0.2, 0.25) is 5.95 Å². The van der Waals surface area contributed by atoms with E-state index in [9.17, 15) is 4.79 Å². The first-order chi connectivity index (χ1) is 5.27. The number of nitrogen functional groups attached to an aromatic ring is 1.